The zero-order chi connectivity index (χ0) is 11.9. The molecule has 0 spiro atoms. The van der Waals surface area contributed by atoms with Crippen molar-refractivity contribution in [3.05, 3.63) is 33.5 Å². The first kappa shape index (κ1) is 12.1. The van der Waals surface area contributed by atoms with Crippen molar-refractivity contribution < 1.29 is 4.39 Å². The first-order valence-corrected chi connectivity index (χ1v) is 6.47. The molecule has 16 heavy (non-hydrogen) atoms. The highest BCUT2D eigenvalue weighted by molar-refractivity contribution is 9.10. The zero-order valence-corrected chi connectivity index (χ0v) is 11.3. The van der Waals surface area contributed by atoms with Gasteiger partial charge in [0.1, 0.15) is 5.82 Å². The first-order chi connectivity index (χ1) is 7.41. The van der Waals surface area contributed by atoms with E-state index in [1.54, 1.807) is 0 Å². The Bertz CT molecular complexity index is 411. The van der Waals surface area contributed by atoms with Gasteiger partial charge in [0.05, 0.1) is 4.47 Å². The molecule has 88 valence electrons. The average Bonchev–Trinajstić information content (AvgIpc) is 2.91. The summed E-state index contributed by atoms with van der Waals surface area (Å²) < 4.78 is 14.5. The maximum absolute atomic E-state index is 13.9. The first-order valence-electron chi connectivity index (χ1n) is 5.68. The van der Waals surface area contributed by atoms with E-state index in [-0.39, 0.29) is 11.4 Å². The van der Waals surface area contributed by atoms with Gasteiger partial charge in [0.25, 0.3) is 0 Å². The SMILES string of the molecule is CC(C)c1cc(Br)c(F)c(CC2(N)CC2)c1. The van der Waals surface area contributed by atoms with E-state index in [0.717, 1.165) is 24.0 Å². The maximum atomic E-state index is 13.9. The monoisotopic (exact) mass is 285 g/mol. The quantitative estimate of drug-likeness (QED) is 0.900. The third kappa shape index (κ3) is 2.46. The second kappa shape index (κ2) is 4.11. The summed E-state index contributed by atoms with van der Waals surface area (Å²) in [5.41, 5.74) is 7.81. The van der Waals surface area contributed by atoms with Crippen LogP contribution in [0.1, 0.15) is 43.7 Å². The summed E-state index contributed by atoms with van der Waals surface area (Å²) in [5, 5.41) is 0. The second-order valence-electron chi connectivity index (χ2n) is 5.17. The molecular weight excluding hydrogens is 269 g/mol. The molecule has 2 N–H and O–H groups in total. The molecule has 0 radical (unpaired) electrons. The van der Waals surface area contributed by atoms with Crippen molar-refractivity contribution in [1.29, 1.82) is 0 Å². The lowest BCUT2D eigenvalue weighted by atomic mass is 9.97. The van der Waals surface area contributed by atoms with Crippen LogP contribution in [-0.4, -0.2) is 5.54 Å². The van der Waals surface area contributed by atoms with E-state index in [1.165, 1.54) is 0 Å². The van der Waals surface area contributed by atoms with Crippen LogP contribution in [0.4, 0.5) is 4.39 Å². The van der Waals surface area contributed by atoms with Gasteiger partial charge in [-0.3, -0.25) is 0 Å². The second-order valence-corrected chi connectivity index (χ2v) is 6.02. The predicted molar refractivity (Wildman–Crippen MR) is 68.0 cm³/mol. The van der Waals surface area contributed by atoms with Crippen LogP contribution in [0.3, 0.4) is 0 Å². The van der Waals surface area contributed by atoms with Crippen LogP contribution in [0.5, 0.6) is 0 Å². The van der Waals surface area contributed by atoms with Crippen molar-refractivity contribution in [3.63, 3.8) is 0 Å². The largest absolute Gasteiger partial charge is 0.325 e. The van der Waals surface area contributed by atoms with Crippen LogP contribution < -0.4 is 5.73 Å². The summed E-state index contributed by atoms with van der Waals surface area (Å²) >= 11 is 3.28. The summed E-state index contributed by atoms with van der Waals surface area (Å²) in [4.78, 5) is 0. The van der Waals surface area contributed by atoms with Gasteiger partial charge in [-0.1, -0.05) is 19.9 Å². The Morgan fingerprint density at radius 1 is 1.44 bits per heavy atom. The fraction of sp³-hybridized carbons (Fsp3) is 0.538. The lowest BCUT2D eigenvalue weighted by Gasteiger charge is -2.14. The van der Waals surface area contributed by atoms with E-state index in [0.29, 0.717) is 16.8 Å². The number of hydrogen-bond acceptors (Lipinski definition) is 1. The molecule has 0 bridgehead atoms. The lowest BCUT2D eigenvalue weighted by Crippen LogP contribution is -2.25. The average molecular weight is 286 g/mol. The standard InChI is InChI=1S/C13H17BrFN/c1-8(2)9-5-10(7-13(16)3-4-13)12(15)11(14)6-9/h5-6,8H,3-4,7,16H2,1-2H3. The molecule has 0 aromatic heterocycles. The Kier molecular flexibility index (Phi) is 3.10. The smallest absolute Gasteiger partial charge is 0.140 e. The van der Waals surface area contributed by atoms with Gasteiger partial charge in [0.2, 0.25) is 0 Å². The third-order valence-corrected chi connectivity index (χ3v) is 3.80. The fourth-order valence-corrected chi connectivity index (χ4v) is 2.37. The molecule has 1 aromatic carbocycles. The van der Waals surface area contributed by atoms with E-state index in [2.05, 4.69) is 29.8 Å². The third-order valence-electron chi connectivity index (χ3n) is 3.23. The lowest BCUT2D eigenvalue weighted by molar-refractivity contribution is 0.575. The molecule has 3 heteroatoms. The molecule has 0 atom stereocenters. The van der Waals surface area contributed by atoms with Gasteiger partial charge >= 0.3 is 0 Å². The van der Waals surface area contributed by atoms with Gasteiger partial charge in [-0.15, -0.1) is 0 Å². The molecule has 0 amide bonds. The molecule has 1 aromatic rings. The Balaban J connectivity index is 2.34. The number of hydrogen-bond donors (Lipinski definition) is 1. The van der Waals surface area contributed by atoms with Crippen LogP contribution in [0.2, 0.25) is 0 Å². The van der Waals surface area contributed by atoms with Crippen LogP contribution >= 0.6 is 15.9 Å². The van der Waals surface area contributed by atoms with E-state index < -0.39 is 0 Å². The van der Waals surface area contributed by atoms with Crippen molar-refractivity contribution in [2.75, 3.05) is 0 Å². The molecule has 1 saturated carbocycles. The number of nitrogens with two attached hydrogens (primary N) is 1. The predicted octanol–water partition coefficient (Wildman–Crippen LogP) is 3.75. The number of rotatable bonds is 3. The Hall–Kier alpha value is -0.410. The molecule has 1 aliphatic rings. The van der Waals surface area contributed by atoms with Gasteiger partial charge in [-0.2, -0.15) is 0 Å². The van der Waals surface area contributed by atoms with E-state index >= 15 is 0 Å². The highest BCUT2D eigenvalue weighted by Gasteiger charge is 2.38. The van der Waals surface area contributed by atoms with E-state index in [1.807, 2.05) is 12.1 Å². The van der Waals surface area contributed by atoms with Crippen LogP contribution in [-0.2, 0) is 6.42 Å². The van der Waals surface area contributed by atoms with Gasteiger partial charge in [0.15, 0.2) is 0 Å². The Labute approximate surface area is 104 Å². The van der Waals surface area contributed by atoms with Crippen molar-refractivity contribution in [2.24, 2.45) is 5.73 Å². The highest BCUT2D eigenvalue weighted by Crippen LogP contribution is 2.37. The van der Waals surface area contributed by atoms with E-state index in [4.69, 9.17) is 5.73 Å². The van der Waals surface area contributed by atoms with Crippen molar-refractivity contribution in [1.82, 2.24) is 0 Å². The molecular formula is C13H17BrFN. The van der Waals surface area contributed by atoms with E-state index in [9.17, 15) is 4.39 Å². The molecule has 0 aliphatic heterocycles. The summed E-state index contributed by atoms with van der Waals surface area (Å²) in [5.74, 6) is 0.254. The molecule has 1 fully saturated rings. The number of halogens is 2. The maximum Gasteiger partial charge on any atom is 0.140 e. The van der Waals surface area contributed by atoms with Crippen LogP contribution in [0.15, 0.2) is 16.6 Å². The fourth-order valence-electron chi connectivity index (χ4n) is 1.85. The molecule has 1 nitrogen and oxygen atoms in total. The summed E-state index contributed by atoms with van der Waals surface area (Å²) in [6.45, 7) is 4.22. The summed E-state index contributed by atoms with van der Waals surface area (Å²) in [6, 6.07) is 3.82. The summed E-state index contributed by atoms with van der Waals surface area (Å²) in [7, 11) is 0. The van der Waals surface area contributed by atoms with Gasteiger partial charge in [-0.05, 0) is 58.3 Å². The Morgan fingerprint density at radius 3 is 2.56 bits per heavy atom. The highest BCUT2D eigenvalue weighted by atomic mass is 79.9. The summed E-state index contributed by atoms with van der Waals surface area (Å²) in [6.07, 6.45) is 2.67. The molecule has 0 heterocycles. The van der Waals surface area contributed by atoms with Gasteiger partial charge in [-0.25, -0.2) is 4.39 Å². The van der Waals surface area contributed by atoms with Gasteiger partial charge < -0.3 is 5.73 Å². The van der Waals surface area contributed by atoms with Crippen molar-refractivity contribution in [3.8, 4) is 0 Å². The van der Waals surface area contributed by atoms with Crippen LogP contribution in [0, 0.1) is 5.82 Å². The molecule has 0 unspecified atom stereocenters. The Morgan fingerprint density at radius 2 is 2.06 bits per heavy atom. The minimum Gasteiger partial charge on any atom is -0.325 e. The molecule has 2 rings (SSSR count). The van der Waals surface area contributed by atoms with Crippen molar-refractivity contribution in [2.45, 2.75) is 44.6 Å². The minimum atomic E-state index is -0.152. The minimum absolute atomic E-state index is 0.143. The van der Waals surface area contributed by atoms with Crippen molar-refractivity contribution >= 4 is 15.9 Å². The molecule has 0 saturated heterocycles. The van der Waals surface area contributed by atoms with Gasteiger partial charge in [0, 0.05) is 5.54 Å². The topological polar surface area (TPSA) is 26.0 Å². The van der Waals surface area contributed by atoms with Crippen LogP contribution in [0.25, 0.3) is 0 Å². The zero-order valence-electron chi connectivity index (χ0n) is 9.69. The normalized spacial score (nSPS) is 17.9. The number of benzene rings is 1. The molecule has 1 aliphatic carbocycles.